The SMILES string of the molecule is CC(C)=CCN1CC[C@@]2(C)c3cc(O)ccc3C[C@@H]1[C@@H]2C.C[C@@H](C1CC1)N1CC[C@]23CCCC[C@H]2[C@H]1Cc1ccc(O)cc13.C[C@H](C1CC1)N1CC[C@]23CCCC[C@H]2[C@H]1Cc1ccc(O)cc13.C[C@H]1[C@H]2Cc3ccc(O)cc3[C@]1(C)CCN2CC1CC1.Oc1ccc2c(c1)[C@@]13CCCC[C@@]1(O)[C@@H](C2)N(CC1CC1)CC3.Oc1ccc2c(c1)[C@@]13CCCC[C@@]1(O)[C@@H](C2)N(CC1CCC1)CC3. The Morgan fingerprint density at radius 1 is 0.336 bits per heavy atom. The number of benzene rings is 6. The van der Waals surface area contributed by atoms with Crippen LogP contribution in [-0.4, -0.2) is 195 Å². The van der Waals surface area contributed by atoms with Gasteiger partial charge in [-0.2, -0.15) is 0 Å². The van der Waals surface area contributed by atoms with Crippen LogP contribution in [0.4, 0.5) is 0 Å². The van der Waals surface area contributed by atoms with E-state index in [4.69, 9.17) is 0 Å². The zero-order valence-electron chi connectivity index (χ0n) is 83.2. The molecule has 12 bridgehead atoms. The summed E-state index contributed by atoms with van der Waals surface area (Å²) in [4.78, 5) is 16.4. The topological polar surface area (TPSA) is 181 Å². The molecule has 0 unspecified atom stereocenters. The second kappa shape index (κ2) is 35.9. The number of hydrogen-bond acceptors (Lipinski definition) is 14. The van der Waals surface area contributed by atoms with Crippen LogP contribution in [0.15, 0.2) is 121 Å². The third-order valence-electron chi connectivity index (χ3n) is 42.6. The normalized spacial score (nSPS) is 37.2. The van der Waals surface area contributed by atoms with Crippen LogP contribution in [0.25, 0.3) is 0 Å². The highest BCUT2D eigenvalue weighted by atomic mass is 16.3. The number of phenolic OH excluding ortho intramolecular Hbond substituents is 6. The maximum Gasteiger partial charge on any atom is 0.115 e. The number of fused-ring (bicyclic) bond motifs is 12. The van der Waals surface area contributed by atoms with Crippen LogP contribution >= 0.6 is 0 Å². The summed E-state index contributed by atoms with van der Waals surface area (Å²) >= 11 is 0. The van der Waals surface area contributed by atoms with E-state index in [1.807, 2.05) is 60.7 Å². The summed E-state index contributed by atoms with van der Waals surface area (Å²) in [5, 5.41) is 83.8. The van der Waals surface area contributed by atoms with Gasteiger partial charge in [-0.05, 0) is 463 Å². The number of rotatable bonds is 12. The van der Waals surface area contributed by atoms with Gasteiger partial charge in [-0.25, -0.2) is 0 Å². The summed E-state index contributed by atoms with van der Waals surface area (Å²) in [6, 6.07) is 41.2. The van der Waals surface area contributed by atoms with Gasteiger partial charge in [-0.3, -0.25) is 29.4 Å². The lowest BCUT2D eigenvalue weighted by Gasteiger charge is -2.64. The Kier molecular flexibility index (Phi) is 24.8. The number of likely N-dealkylation sites (tertiary alicyclic amines) is 6. The van der Waals surface area contributed by atoms with Crippen LogP contribution in [0.1, 0.15) is 334 Å². The van der Waals surface area contributed by atoms with E-state index < -0.39 is 11.2 Å². The first-order valence-corrected chi connectivity index (χ1v) is 55.1. The van der Waals surface area contributed by atoms with Crippen molar-refractivity contribution >= 4 is 0 Å². The van der Waals surface area contributed by atoms with Gasteiger partial charge in [0.1, 0.15) is 34.5 Å². The second-order valence-corrected chi connectivity index (χ2v) is 49.5. The van der Waals surface area contributed by atoms with E-state index >= 15 is 0 Å². The highest BCUT2D eigenvalue weighted by Crippen LogP contribution is 2.65. The summed E-state index contributed by atoms with van der Waals surface area (Å²) in [6.45, 7) is 30.8. The Morgan fingerprint density at radius 2 is 0.672 bits per heavy atom. The van der Waals surface area contributed by atoms with Gasteiger partial charge in [-0.1, -0.05) is 134 Å². The first kappa shape index (κ1) is 92.6. The quantitative estimate of drug-likeness (QED) is 0.0542. The molecule has 27 rings (SSSR count). The first-order valence-electron chi connectivity index (χ1n) is 55.1. The summed E-state index contributed by atoms with van der Waals surface area (Å²) in [5.41, 5.74) is 18.1. The smallest absolute Gasteiger partial charge is 0.115 e. The number of phenols is 6. The van der Waals surface area contributed by atoms with Gasteiger partial charge in [0.15, 0.2) is 0 Å². The molecule has 15 aliphatic carbocycles. The van der Waals surface area contributed by atoms with Crippen LogP contribution in [0.2, 0.25) is 0 Å². The molecule has 0 spiro atoms. The van der Waals surface area contributed by atoms with Crippen molar-refractivity contribution in [1.29, 1.82) is 0 Å². The van der Waals surface area contributed by atoms with Crippen LogP contribution in [0.5, 0.6) is 34.5 Å². The van der Waals surface area contributed by atoms with Gasteiger partial charge < -0.3 is 40.9 Å². The van der Waals surface area contributed by atoms with E-state index in [0.717, 1.165) is 162 Å². The van der Waals surface area contributed by atoms with Gasteiger partial charge in [-0.15, -0.1) is 0 Å². The lowest BCUT2D eigenvalue weighted by molar-refractivity contribution is -0.169. The lowest BCUT2D eigenvalue weighted by Crippen LogP contribution is -2.72. The van der Waals surface area contributed by atoms with E-state index in [-0.39, 0.29) is 33.7 Å². The Labute approximate surface area is 804 Å². The fourth-order valence-corrected chi connectivity index (χ4v) is 33.8. The molecule has 0 aromatic heterocycles. The third-order valence-corrected chi connectivity index (χ3v) is 42.6. The van der Waals surface area contributed by atoms with E-state index in [2.05, 4.69) is 139 Å². The number of nitrogens with zero attached hydrogens (tertiary/aromatic N) is 6. The van der Waals surface area contributed by atoms with Crippen molar-refractivity contribution in [3.8, 4) is 34.5 Å². The molecular formula is C120H166N6O8. The van der Waals surface area contributed by atoms with Crippen molar-refractivity contribution in [3.63, 3.8) is 0 Å². The number of hydrogen-bond donors (Lipinski definition) is 8. The van der Waals surface area contributed by atoms with E-state index in [1.54, 1.807) is 0 Å². The first-order chi connectivity index (χ1) is 64.6. The molecular weight excluding hydrogens is 1650 g/mol. The summed E-state index contributed by atoms with van der Waals surface area (Å²) < 4.78 is 0. The monoisotopic (exact) mass is 1820 g/mol. The van der Waals surface area contributed by atoms with E-state index in [0.29, 0.717) is 69.2 Å². The van der Waals surface area contributed by atoms with E-state index in [9.17, 15) is 40.9 Å². The maximum absolute atomic E-state index is 11.9. The minimum atomic E-state index is -0.603. The average molecular weight is 1820 g/mol. The van der Waals surface area contributed by atoms with Crippen LogP contribution in [-0.2, 0) is 71.0 Å². The molecule has 15 fully saturated rings. The molecule has 14 heteroatoms. The molecule has 9 saturated carbocycles. The average Bonchev–Trinajstić information content (AvgIpc) is 1.28. The second-order valence-electron chi connectivity index (χ2n) is 49.5. The standard InChI is InChI=1S/C21H29NO2.2C21H29NO.C20H27NO2.C19H27NO.C18H25NO/c23-17-7-6-16-12-19-21(24)9-2-1-8-20(21,18(16)13-17)10-11-22(19)14-15-4-3-5-15;2*1-14(15-5-6-15)22-11-10-21-9-3-2-4-18(21)20(22)12-16-7-8-17(23)13-19(16)21;22-16-6-5-15-11-18-20(23)8-2-1-7-19(20,17(15)12-16)9-10-21(18)13-14-3-4-14;1-13(2)7-9-20-10-8-19(4)14(3)18(20)11-15-5-6-16(21)12-17(15)19;1-12-17-9-14-5-6-15(20)10-16(14)18(12,2)7-8-19(17)11-13-3-4-13/h6-7,13,15,19,23-24H,1-5,8-12,14H2;2*7-8,13-15,18,20,23H,2-6,9-12H2,1H3;5-6,12,14,18,22-23H,1-4,7-11,13H2;5-7,12,14,18,21H,8-11H2,1-4H3;5-6,10,12-13,17,20H,3-4,7-9,11H2,1-2H3/t19-,20+,21-;14-,18+,20-,21-;14-,18-,20+,21+;18-,19+,20-;14-,18+,19+;12-,17+,18+/m110100/s1. The van der Waals surface area contributed by atoms with E-state index in [1.165, 1.54) is 291 Å². The summed E-state index contributed by atoms with van der Waals surface area (Å²) in [6.07, 6.45) is 51.3. The largest absolute Gasteiger partial charge is 0.508 e. The molecule has 6 aliphatic heterocycles. The molecule has 6 heterocycles. The minimum Gasteiger partial charge on any atom is -0.508 e. The molecule has 6 saturated heterocycles. The van der Waals surface area contributed by atoms with Crippen molar-refractivity contribution < 1.29 is 40.9 Å². The van der Waals surface area contributed by atoms with Crippen molar-refractivity contribution in [1.82, 2.24) is 29.4 Å². The lowest BCUT2D eigenvalue weighted by atomic mass is 9.49. The summed E-state index contributed by atoms with van der Waals surface area (Å²) in [5.74, 6) is 10.1. The van der Waals surface area contributed by atoms with Crippen molar-refractivity contribution in [2.75, 3.05) is 65.4 Å². The molecule has 21 aliphatic rings. The van der Waals surface area contributed by atoms with Crippen LogP contribution in [0, 0.1) is 53.3 Å². The number of allylic oxidation sites excluding steroid dienone is 1. The zero-order valence-corrected chi connectivity index (χ0v) is 83.2. The van der Waals surface area contributed by atoms with Gasteiger partial charge in [0.2, 0.25) is 0 Å². The minimum absolute atomic E-state index is 0.123. The molecule has 724 valence electrons. The maximum atomic E-state index is 11.9. The van der Waals surface area contributed by atoms with Crippen molar-refractivity contribution in [2.45, 2.75) is 398 Å². The Balaban J connectivity index is 0.0000000936. The number of aliphatic hydroxyl groups is 2. The third kappa shape index (κ3) is 16.2. The predicted molar refractivity (Wildman–Crippen MR) is 538 cm³/mol. The molecule has 0 radical (unpaired) electrons. The van der Waals surface area contributed by atoms with Gasteiger partial charge >= 0.3 is 0 Å². The van der Waals surface area contributed by atoms with Crippen molar-refractivity contribution in [3.05, 3.63) is 188 Å². The predicted octanol–water partition coefficient (Wildman–Crippen LogP) is 22.0. The Morgan fingerprint density at radius 3 is 1.06 bits per heavy atom. The van der Waals surface area contributed by atoms with Gasteiger partial charge in [0, 0.05) is 96.2 Å². The van der Waals surface area contributed by atoms with Gasteiger partial charge in [0.25, 0.3) is 0 Å². The number of aromatic hydroxyl groups is 6. The zero-order chi connectivity index (χ0) is 92.3. The Bertz CT molecular complexity index is 5210. The molecule has 8 N–H and O–H groups in total. The fraction of sp³-hybridized carbons (Fsp3) is 0.683. The molecule has 134 heavy (non-hydrogen) atoms. The number of piperidine rings is 6. The van der Waals surface area contributed by atoms with Crippen LogP contribution < -0.4 is 0 Å². The van der Waals surface area contributed by atoms with Gasteiger partial charge in [0.05, 0.1) is 11.2 Å². The molecule has 6 aromatic carbocycles. The highest BCUT2D eigenvalue weighted by molar-refractivity contribution is 5.53. The summed E-state index contributed by atoms with van der Waals surface area (Å²) in [7, 11) is 0. The molecule has 14 nitrogen and oxygen atoms in total. The Hall–Kier alpha value is -6.46. The molecule has 0 amide bonds. The fourth-order valence-electron chi connectivity index (χ4n) is 33.8. The highest BCUT2D eigenvalue weighted by Gasteiger charge is 2.67. The van der Waals surface area contributed by atoms with Crippen molar-refractivity contribution in [2.24, 2.45) is 53.3 Å². The molecule has 20 atom stereocenters. The molecule has 6 aromatic rings. The van der Waals surface area contributed by atoms with Crippen LogP contribution in [0.3, 0.4) is 0 Å².